The molecule has 0 fully saturated rings. The second kappa shape index (κ2) is 4.68. The fourth-order valence-electron chi connectivity index (χ4n) is 0.365. The molecule has 56 valence electrons. The maximum atomic E-state index is 5.52. The summed E-state index contributed by atoms with van der Waals surface area (Å²) in [4.78, 5) is 3.60. The smallest absolute Gasteiger partial charge is 0.128 e. The van der Waals surface area contributed by atoms with Gasteiger partial charge in [-0.15, -0.1) is 0 Å². The lowest BCUT2D eigenvalue weighted by Crippen LogP contribution is -1.94. The third-order valence-corrected chi connectivity index (χ3v) is 1.67. The molecule has 0 aromatic heterocycles. The Morgan fingerprint density at radius 1 is 1.60 bits per heavy atom. The van der Waals surface area contributed by atoms with Crippen molar-refractivity contribution in [1.82, 2.24) is 0 Å². The second-order valence-corrected chi connectivity index (χ2v) is 3.64. The minimum absolute atomic E-state index is 0.560. The van der Waals surface area contributed by atoms with E-state index in [2.05, 4.69) is 43.6 Å². The van der Waals surface area contributed by atoms with Crippen molar-refractivity contribution in [2.75, 3.05) is 0 Å². The Morgan fingerprint density at radius 3 is 2.40 bits per heavy atom. The Balaban J connectivity index is 4.48. The van der Waals surface area contributed by atoms with Crippen molar-refractivity contribution in [2.45, 2.75) is 6.92 Å². The molecule has 10 heavy (non-hydrogen) atoms. The average molecular weight is 268 g/mol. The number of hydrogen-bond donors (Lipinski definition) is 1. The third kappa shape index (κ3) is 3.85. The van der Waals surface area contributed by atoms with Gasteiger partial charge < -0.3 is 5.73 Å². The molecular formula is C6H8Br2N2. The molecule has 0 saturated heterocycles. The van der Waals surface area contributed by atoms with E-state index in [0.717, 1.165) is 4.48 Å². The number of rotatable bonds is 2. The van der Waals surface area contributed by atoms with Gasteiger partial charge in [0.2, 0.25) is 0 Å². The van der Waals surface area contributed by atoms with Gasteiger partial charge in [0.05, 0.1) is 5.70 Å². The number of hydrogen-bond acceptors (Lipinski definition) is 2. The average Bonchev–Trinajstić information content (AvgIpc) is 1.85. The van der Waals surface area contributed by atoms with E-state index in [0.29, 0.717) is 10.3 Å². The number of allylic oxidation sites excluding steroid dienone is 2. The number of halogens is 2. The first-order valence-electron chi connectivity index (χ1n) is 2.53. The lowest BCUT2D eigenvalue weighted by molar-refractivity contribution is 1.34. The molecule has 0 aromatic carbocycles. The summed E-state index contributed by atoms with van der Waals surface area (Å²) in [6, 6.07) is 0. The molecule has 4 heteroatoms. The van der Waals surface area contributed by atoms with Gasteiger partial charge in [-0.3, -0.25) is 4.99 Å². The van der Waals surface area contributed by atoms with E-state index < -0.39 is 0 Å². The van der Waals surface area contributed by atoms with E-state index in [4.69, 9.17) is 5.73 Å². The first-order chi connectivity index (χ1) is 4.57. The number of nitrogens with zero attached hydrogens (tertiary/aromatic N) is 1. The van der Waals surface area contributed by atoms with Crippen LogP contribution in [0.25, 0.3) is 0 Å². The van der Waals surface area contributed by atoms with E-state index >= 15 is 0 Å². The zero-order valence-electron chi connectivity index (χ0n) is 5.56. The van der Waals surface area contributed by atoms with Crippen molar-refractivity contribution in [1.29, 1.82) is 0 Å². The summed E-state index contributed by atoms with van der Waals surface area (Å²) in [5.41, 5.74) is 6.08. The van der Waals surface area contributed by atoms with Gasteiger partial charge in [-0.1, -0.05) is 15.9 Å². The van der Waals surface area contributed by atoms with Gasteiger partial charge in [0, 0.05) is 0 Å². The van der Waals surface area contributed by atoms with Crippen molar-refractivity contribution in [3.8, 4) is 0 Å². The van der Waals surface area contributed by atoms with Crippen LogP contribution in [0.15, 0.2) is 25.9 Å². The van der Waals surface area contributed by atoms with Gasteiger partial charge in [-0.05, 0) is 40.1 Å². The molecule has 0 radical (unpaired) electrons. The summed E-state index contributed by atoms with van der Waals surface area (Å²) in [7, 11) is 0. The minimum Gasteiger partial charge on any atom is -0.397 e. The molecular weight excluding hydrogens is 260 g/mol. The lowest BCUT2D eigenvalue weighted by Gasteiger charge is -1.93. The quantitative estimate of drug-likeness (QED) is 0.466. The first kappa shape index (κ1) is 9.91. The van der Waals surface area contributed by atoms with Crippen molar-refractivity contribution < 1.29 is 0 Å². The van der Waals surface area contributed by atoms with Crippen LogP contribution in [-0.2, 0) is 0 Å². The minimum atomic E-state index is 0.560. The molecule has 0 aliphatic rings. The molecule has 0 spiro atoms. The fourth-order valence-corrected chi connectivity index (χ4v) is 0.726. The standard InChI is InChI=1S/C6H8Br2N2/c1-4(7)3-5(9)6(8)10-2/h3H,2,9H2,1H3/b4-3+,6-5+. The summed E-state index contributed by atoms with van der Waals surface area (Å²) in [5, 5.41) is 0. The molecule has 2 N–H and O–H groups in total. The Labute approximate surface area is 77.2 Å². The fraction of sp³-hybridized carbons (Fsp3) is 0.167. The van der Waals surface area contributed by atoms with Gasteiger partial charge in [0.25, 0.3) is 0 Å². The summed E-state index contributed by atoms with van der Waals surface area (Å²) in [6.45, 7) is 5.19. The van der Waals surface area contributed by atoms with Gasteiger partial charge in [-0.2, -0.15) is 0 Å². The summed E-state index contributed by atoms with van der Waals surface area (Å²) in [6.07, 6.45) is 1.75. The van der Waals surface area contributed by atoms with Gasteiger partial charge in [0.15, 0.2) is 0 Å². The van der Waals surface area contributed by atoms with Crippen molar-refractivity contribution in [3.05, 3.63) is 20.9 Å². The van der Waals surface area contributed by atoms with Crippen molar-refractivity contribution in [2.24, 2.45) is 10.7 Å². The molecule has 0 aromatic rings. The van der Waals surface area contributed by atoms with Crippen LogP contribution in [0.5, 0.6) is 0 Å². The first-order valence-corrected chi connectivity index (χ1v) is 4.12. The van der Waals surface area contributed by atoms with Gasteiger partial charge in [-0.25, -0.2) is 0 Å². The maximum Gasteiger partial charge on any atom is 0.128 e. The zero-order chi connectivity index (χ0) is 8.15. The van der Waals surface area contributed by atoms with Crippen LogP contribution in [0, 0.1) is 0 Å². The maximum absolute atomic E-state index is 5.52. The van der Waals surface area contributed by atoms with Crippen LogP contribution in [0.1, 0.15) is 6.92 Å². The zero-order valence-corrected chi connectivity index (χ0v) is 8.74. The molecule has 2 nitrogen and oxygen atoms in total. The highest BCUT2D eigenvalue weighted by Crippen LogP contribution is 2.13. The molecule has 0 bridgehead atoms. The molecule has 0 amide bonds. The van der Waals surface area contributed by atoms with Crippen LogP contribution in [0.3, 0.4) is 0 Å². The molecule has 0 rings (SSSR count). The highest BCUT2D eigenvalue weighted by molar-refractivity contribution is 9.12. The normalized spacial score (nSPS) is 14.5. The van der Waals surface area contributed by atoms with Crippen LogP contribution >= 0.6 is 31.9 Å². The summed E-state index contributed by atoms with van der Waals surface area (Å²) >= 11 is 6.37. The predicted octanol–water partition coefficient (Wildman–Crippen LogP) is 2.51. The molecule has 0 aliphatic heterocycles. The Kier molecular flexibility index (Phi) is 4.64. The predicted molar refractivity (Wildman–Crippen MR) is 52.4 cm³/mol. The van der Waals surface area contributed by atoms with Crippen molar-refractivity contribution >= 4 is 38.6 Å². The highest BCUT2D eigenvalue weighted by Gasteiger charge is 1.91. The highest BCUT2D eigenvalue weighted by atomic mass is 79.9. The van der Waals surface area contributed by atoms with E-state index in [-0.39, 0.29) is 0 Å². The van der Waals surface area contributed by atoms with E-state index in [1.165, 1.54) is 0 Å². The summed E-state index contributed by atoms with van der Waals surface area (Å²) in [5.74, 6) is 0. The molecule has 0 aliphatic carbocycles. The summed E-state index contributed by atoms with van der Waals surface area (Å²) < 4.78 is 1.51. The molecule has 0 saturated carbocycles. The monoisotopic (exact) mass is 266 g/mol. The molecule has 0 atom stereocenters. The van der Waals surface area contributed by atoms with Gasteiger partial charge in [0.1, 0.15) is 4.61 Å². The largest absolute Gasteiger partial charge is 0.397 e. The second-order valence-electron chi connectivity index (χ2n) is 1.64. The van der Waals surface area contributed by atoms with Crippen molar-refractivity contribution in [3.63, 3.8) is 0 Å². The topological polar surface area (TPSA) is 38.4 Å². The SMILES string of the molecule is C=N/C(Br)=C(N)\C=C(/C)Br. The van der Waals surface area contributed by atoms with Crippen LogP contribution in [-0.4, -0.2) is 6.72 Å². The molecule has 0 heterocycles. The van der Waals surface area contributed by atoms with E-state index in [1.54, 1.807) is 6.08 Å². The van der Waals surface area contributed by atoms with Gasteiger partial charge >= 0.3 is 0 Å². The lowest BCUT2D eigenvalue weighted by atomic mass is 10.4. The van der Waals surface area contributed by atoms with Crippen LogP contribution in [0.2, 0.25) is 0 Å². The Morgan fingerprint density at radius 2 is 2.10 bits per heavy atom. The molecule has 0 unspecified atom stereocenters. The number of aliphatic imine (C=N–C) groups is 1. The van der Waals surface area contributed by atoms with E-state index in [1.807, 2.05) is 6.92 Å². The Hall–Kier alpha value is -0.0900. The van der Waals surface area contributed by atoms with Crippen LogP contribution in [0.4, 0.5) is 0 Å². The Bertz CT molecular complexity index is 190. The number of nitrogens with two attached hydrogens (primary N) is 1. The van der Waals surface area contributed by atoms with E-state index in [9.17, 15) is 0 Å². The van der Waals surface area contributed by atoms with Crippen LogP contribution < -0.4 is 5.73 Å². The third-order valence-electron chi connectivity index (χ3n) is 0.731.